The molecule has 2 rings (SSSR count). The van der Waals surface area contributed by atoms with Gasteiger partial charge in [-0.2, -0.15) is 0 Å². The molecule has 82 valence electrons. The van der Waals surface area contributed by atoms with Crippen LogP contribution in [0.3, 0.4) is 0 Å². The molecule has 1 heteroatoms. The van der Waals surface area contributed by atoms with E-state index in [4.69, 9.17) is 4.42 Å². The van der Waals surface area contributed by atoms with Crippen LogP contribution in [-0.2, 0) is 0 Å². The summed E-state index contributed by atoms with van der Waals surface area (Å²) >= 11 is 0. The molecule has 1 aromatic heterocycles. The van der Waals surface area contributed by atoms with Gasteiger partial charge in [-0.05, 0) is 30.0 Å². The van der Waals surface area contributed by atoms with Gasteiger partial charge >= 0.3 is 0 Å². The lowest BCUT2D eigenvalue weighted by molar-refractivity contribution is 0.607. The molecule has 0 saturated heterocycles. The van der Waals surface area contributed by atoms with Crippen LogP contribution in [-0.4, -0.2) is 0 Å². The molecule has 15 heavy (non-hydrogen) atoms. The fourth-order valence-electron chi connectivity index (χ4n) is 1.68. The van der Waals surface area contributed by atoms with Gasteiger partial charge in [0.2, 0.25) is 0 Å². The van der Waals surface area contributed by atoms with Crippen molar-refractivity contribution >= 4 is 11.0 Å². The summed E-state index contributed by atoms with van der Waals surface area (Å²) in [5.74, 6) is 0.522. The van der Waals surface area contributed by atoms with Gasteiger partial charge in [0, 0.05) is 5.39 Å². The third kappa shape index (κ3) is 2.23. The van der Waals surface area contributed by atoms with Gasteiger partial charge in [-0.1, -0.05) is 39.8 Å². The first-order valence-electron chi connectivity index (χ1n) is 5.67. The maximum Gasteiger partial charge on any atom is 0.137 e. The maximum absolute atomic E-state index is 5.49. The van der Waals surface area contributed by atoms with Crippen molar-refractivity contribution in [3.8, 4) is 0 Å². The smallest absolute Gasteiger partial charge is 0.137 e. The van der Waals surface area contributed by atoms with Crippen molar-refractivity contribution in [1.82, 2.24) is 0 Å². The summed E-state index contributed by atoms with van der Waals surface area (Å²) in [6, 6.07) is 6.36. The lowest BCUT2D eigenvalue weighted by atomic mass is 9.99. The topological polar surface area (TPSA) is 13.1 Å². The zero-order chi connectivity index (χ0) is 11.4. The zero-order valence-corrected chi connectivity index (χ0v) is 10.3. The molecule has 0 spiro atoms. The van der Waals surface area contributed by atoms with E-state index in [-0.39, 0.29) is 0 Å². The number of aryl methyl sites for hydroxylation is 1. The van der Waals surface area contributed by atoms with Crippen LogP contribution in [0.5, 0.6) is 0 Å². The molecule has 1 heterocycles. The van der Waals surface area contributed by atoms with Crippen molar-refractivity contribution in [2.24, 2.45) is 0 Å². The molecule has 0 unspecified atom stereocenters. The van der Waals surface area contributed by atoms with Gasteiger partial charge in [0.25, 0.3) is 0 Å². The van der Waals surface area contributed by atoms with E-state index in [1.165, 1.54) is 16.5 Å². The molecule has 0 N–H and O–H groups in total. The molecule has 0 saturated carbocycles. The summed E-state index contributed by atoms with van der Waals surface area (Å²) in [7, 11) is 0. The lowest BCUT2D eigenvalue weighted by Crippen LogP contribution is -1.88. The van der Waals surface area contributed by atoms with Crippen molar-refractivity contribution < 1.29 is 4.42 Å². The number of benzene rings is 1. The summed E-state index contributed by atoms with van der Waals surface area (Å²) < 4.78 is 5.49. The van der Waals surface area contributed by atoms with E-state index >= 15 is 0 Å². The molecule has 0 amide bonds. The Bertz CT molecular complexity index is 424. The molecule has 0 bridgehead atoms. The molecule has 1 aromatic carbocycles. The van der Waals surface area contributed by atoms with Gasteiger partial charge in [0.05, 0.1) is 6.26 Å². The van der Waals surface area contributed by atoms with Crippen molar-refractivity contribution in [2.75, 3.05) is 0 Å². The van der Waals surface area contributed by atoms with E-state index in [1.807, 2.05) is 19.9 Å². The third-order valence-corrected chi connectivity index (χ3v) is 2.49. The minimum Gasteiger partial charge on any atom is -0.464 e. The molecule has 0 fully saturated rings. The Morgan fingerprint density at radius 3 is 2.33 bits per heavy atom. The average molecular weight is 204 g/mol. The van der Waals surface area contributed by atoms with E-state index < -0.39 is 0 Å². The Morgan fingerprint density at radius 2 is 1.73 bits per heavy atom. The highest BCUT2D eigenvalue weighted by molar-refractivity contribution is 5.84. The van der Waals surface area contributed by atoms with Gasteiger partial charge in [0.1, 0.15) is 5.58 Å². The first-order chi connectivity index (χ1) is 7.20. The average Bonchev–Trinajstić information content (AvgIpc) is 2.70. The minimum absolute atomic E-state index is 0.522. The van der Waals surface area contributed by atoms with Crippen LogP contribution in [0.25, 0.3) is 11.0 Å². The van der Waals surface area contributed by atoms with Crippen molar-refractivity contribution in [3.05, 3.63) is 35.6 Å². The monoisotopic (exact) mass is 204 g/mol. The molecule has 0 aliphatic heterocycles. The second-order valence-corrected chi connectivity index (χ2v) is 3.79. The van der Waals surface area contributed by atoms with Gasteiger partial charge in [-0.25, -0.2) is 0 Å². The fourth-order valence-corrected chi connectivity index (χ4v) is 1.68. The van der Waals surface area contributed by atoms with Gasteiger partial charge in [-0.3, -0.25) is 0 Å². The second kappa shape index (κ2) is 5.01. The SMILES string of the molecule is CC.Cc1ccc(C(C)C)c2occc12. The summed E-state index contributed by atoms with van der Waals surface area (Å²) in [6.45, 7) is 10.5. The normalized spacial score (nSPS) is 10.3. The molecule has 0 atom stereocenters. The van der Waals surface area contributed by atoms with E-state index in [2.05, 4.69) is 32.9 Å². The molecule has 0 aliphatic rings. The van der Waals surface area contributed by atoms with Crippen molar-refractivity contribution in [2.45, 2.75) is 40.5 Å². The van der Waals surface area contributed by atoms with Crippen LogP contribution in [0, 0.1) is 6.92 Å². The molecular formula is C14H20O. The van der Waals surface area contributed by atoms with Gasteiger partial charge < -0.3 is 4.42 Å². The number of furan rings is 1. The van der Waals surface area contributed by atoms with Crippen molar-refractivity contribution in [3.63, 3.8) is 0 Å². The Morgan fingerprint density at radius 1 is 1.07 bits per heavy atom. The number of hydrogen-bond donors (Lipinski definition) is 0. The number of hydrogen-bond acceptors (Lipinski definition) is 1. The number of rotatable bonds is 1. The van der Waals surface area contributed by atoms with Crippen LogP contribution in [0.1, 0.15) is 44.7 Å². The second-order valence-electron chi connectivity index (χ2n) is 3.79. The van der Waals surface area contributed by atoms with E-state index in [0.717, 1.165) is 5.58 Å². The van der Waals surface area contributed by atoms with E-state index in [9.17, 15) is 0 Å². The quantitative estimate of drug-likeness (QED) is 0.644. The minimum atomic E-state index is 0.522. The summed E-state index contributed by atoms with van der Waals surface area (Å²) in [6.07, 6.45) is 1.77. The lowest BCUT2D eigenvalue weighted by Gasteiger charge is -2.06. The first-order valence-corrected chi connectivity index (χ1v) is 5.67. The Kier molecular flexibility index (Phi) is 3.96. The van der Waals surface area contributed by atoms with Crippen LogP contribution in [0.4, 0.5) is 0 Å². The molecule has 1 nitrogen and oxygen atoms in total. The largest absolute Gasteiger partial charge is 0.464 e. The van der Waals surface area contributed by atoms with Crippen molar-refractivity contribution in [1.29, 1.82) is 0 Å². The predicted molar refractivity (Wildman–Crippen MR) is 66.4 cm³/mol. The first kappa shape index (κ1) is 11.8. The Hall–Kier alpha value is -1.24. The highest BCUT2D eigenvalue weighted by Gasteiger charge is 2.08. The number of fused-ring (bicyclic) bond motifs is 1. The highest BCUT2D eigenvalue weighted by atomic mass is 16.3. The molecule has 0 aliphatic carbocycles. The highest BCUT2D eigenvalue weighted by Crippen LogP contribution is 2.28. The van der Waals surface area contributed by atoms with Gasteiger partial charge in [-0.15, -0.1) is 0 Å². The van der Waals surface area contributed by atoms with E-state index in [0.29, 0.717) is 5.92 Å². The van der Waals surface area contributed by atoms with Gasteiger partial charge in [0.15, 0.2) is 0 Å². The molecule has 0 radical (unpaired) electrons. The molecular weight excluding hydrogens is 184 g/mol. The van der Waals surface area contributed by atoms with Crippen LogP contribution < -0.4 is 0 Å². The maximum atomic E-state index is 5.49. The summed E-state index contributed by atoms with van der Waals surface area (Å²) in [5.41, 5.74) is 3.63. The summed E-state index contributed by atoms with van der Waals surface area (Å²) in [4.78, 5) is 0. The predicted octanol–water partition coefficient (Wildman–Crippen LogP) is 4.89. The third-order valence-electron chi connectivity index (χ3n) is 2.49. The Balaban J connectivity index is 0.000000531. The Labute approximate surface area is 92.1 Å². The van der Waals surface area contributed by atoms with Crippen LogP contribution >= 0.6 is 0 Å². The van der Waals surface area contributed by atoms with Crippen LogP contribution in [0.15, 0.2) is 28.9 Å². The fraction of sp³-hybridized carbons (Fsp3) is 0.429. The molecule has 2 aromatic rings. The van der Waals surface area contributed by atoms with Crippen LogP contribution in [0.2, 0.25) is 0 Å². The zero-order valence-electron chi connectivity index (χ0n) is 10.3. The standard InChI is InChI=1S/C12H14O.C2H6/c1-8(2)10-5-4-9(3)11-6-7-13-12(10)11;1-2/h4-8H,1-3H3;1-2H3. The summed E-state index contributed by atoms with van der Waals surface area (Å²) in [5, 5.41) is 1.24. The van der Waals surface area contributed by atoms with E-state index in [1.54, 1.807) is 6.26 Å².